The lowest BCUT2D eigenvalue weighted by Crippen LogP contribution is -2.13. The largest absolute Gasteiger partial charge is 0.369 e. The fourth-order valence-electron chi connectivity index (χ4n) is 2.35. The molecule has 0 aliphatic heterocycles. The molecular weight excluding hydrogens is 300 g/mol. The Morgan fingerprint density at radius 1 is 1.25 bits per heavy atom. The van der Waals surface area contributed by atoms with E-state index in [2.05, 4.69) is 33.5 Å². The van der Waals surface area contributed by atoms with E-state index in [4.69, 9.17) is 16.9 Å². The van der Waals surface area contributed by atoms with Crippen molar-refractivity contribution in [1.82, 2.24) is 14.6 Å². The van der Waals surface area contributed by atoms with Crippen LogP contribution in [0.2, 0.25) is 0 Å². The molecule has 3 aromatic heterocycles. The summed E-state index contributed by atoms with van der Waals surface area (Å²) in [6.07, 6.45) is 8.59. The second-order valence-electron chi connectivity index (χ2n) is 5.17. The number of hydrogen-bond acceptors (Lipinski definition) is 5. The Balaban J connectivity index is 2.10. The molecular formula is C18H12N6. The van der Waals surface area contributed by atoms with E-state index in [1.165, 1.54) is 6.20 Å². The summed E-state index contributed by atoms with van der Waals surface area (Å²) >= 11 is 0. The molecule has 3 rings (SSSR count). The molecule has 3 heterocycles. The van der Waals surface area contributed by atoms with Gasteiger partial charge in [0.2, 0.25) is 0 Å². The van der Waals surface area contributed by atoms with E-state index in [1.807, 2.05) is 12.1 Å². The average Bonchev–Trinajstić information content (AvgIpc) is 3.04. The molecule has 0 amide bonds. The van der Waals surface area contributed by atoms with Gasteiger partial charge in [-0.3, -0.25) is 4.98 Å². The second kappa shape index (κ2) is 6.12. The summed E-state index contributed by atoms with van der Waals surface area (Å²) in [4.78, 5) is 4.39. The maximum Gasteiger partial charge on any atom is 0.111 e. The minimum Gasteiger partial charge on any atom is -0.369 e. The quantitative estimate of drug-likeness (QED) is 0.751. The smallest absolute Gasteiger partial charge is 0.111 e. The molecule has 6 heteroatoms. The zero-order valence-electron chi connectivity index (χ0n) is 12.9. The Morgan fingerprint density at radius 2 is 2.08 bits per heavy atom. The minimum absolute atomic E-state index is 0.382. The summed E-state index contributed by atoms with van der Waals surface area (Å²) in [5.41, 5.74) is 3.98. The van der Waals surface area contributed by atoms with Crippen molar-refractivity contribution in [3.63, 3.8) is 0 Å². The Hall–Kier alpha value is -3.82. The van der Waals surface area contributed by atoms with Crippen LogP contribution in [0, 0.1) is 35.0 Å². The van der Waals surface area contributed by atoms with Crippen LogP contribution >= 0.6 is 0 Å². The first kappa shape index (κ1) is 15.1. The van der Waals surface area contributed by atoms with E-state index in [0.717, 1.165) is 11.2 Å². The Labute approximate surface area is 139 Å². The third kappa shape index (κ3) is 2.63. The molecule has 0 saturated heterocycles. The lowest BCUT2D eigenvalue weighted by Gasteiger charge is -2.11. The number of rotatable bonds is 3. The van der Waals surface area contributed by atoms with Gasteiger partial charge in [-0.05, 0) is 31.2 Å². The van der Waals surface area contributed by atoms with Crippen molar-refractivity contribution in [2.24, 2.45) is 0 Å². The number of nitrogens with one attached hydrogen (secondary N) is 1. The molecule has 1 atom stereocenters. The summed E-state index contributed by atoms with van der Waals surface area (Å²) < 4.78 is 1.70. The number of anilines is 1. The zero-order valence-corrected chi connectivity index (χ0v) is 12.9. The summed E-state index contributed by atoms with van der Waals surface area (Å²) in [6, 6.07) is 11.1. The number of fused-ring (bicyclic) bond motifs is 1. The van der Waals surface area contributed by atoms with Gasteiger partial charge in [0.15, 0.2) is 0 Å². The molecule has 0 bridgehead atoms. The number of nitrogens with zero attached hydrogens (tertiary/aromatic N) is 5. The molecule has 6 nitrogen and oxygen atoms in total. The van der Waals surface area contributed by atoms with Gasteiger partial charge in [-0.15, -0.1) is 6.42 Å². The SMILES string of the molecule is C#Cc1cnc(-c2ccc3cc(C#N)cnn23)cc1NC(C)C#N. The van der Waals surface area contributed by atoms with E-state index >= 15 is 0 Å². The maximum absolute atomic E-state index is 8.98. The molecule has 0 saturated carbocycles. The predicted molar refractivity (Wildman–Crippen MR) is 89.8 cm³/mol. The Kier molecular flexibility index (Phi) is 3.85. The fraction of sp³-hybridized carbons (Fsp3) is 0.111. The number of pyridine rings is 1. The monoisotopic (exact) mass is 312 g/mol. The molecule has 0 spiro atoms. The molecule has 0 radical (unpaired) electrons. The van der Waals surface area contributed by atoms with Gasteiger partial charge in [-0.25, -0.2) is 4.52 Å². The first-order valence-electron chi connectivity index (χ1n) is 7.17. The van der Waals surface area contributed by atoms with Crippen molar-refractivity contribution in [2.45, 2.75) is 13.0 Å². The molecule has 0 aliphatic rings. The van der Waals surface area contributed by atoms with Crippen LogP contribution < -0.4 is 5.32 Å². The lowest BCUT2D eigenvalue weighted by atomic mass is 10.1. The number of hydrogen-bond donors (Lipinski definition) is 1. The molecule has 0 aromatic carbocycles. The van der Waals surface area contributed by atoms with Gasteiger partial charge in [0.1, 0.15) is 12.1 Å². The summed E-state index contributed by atoms with van der Waals surface area (Å²) in [7, 11) is 0. The van der Waals surface area contributed by atoms with Crippen molar-refractivity contribution >= 4 is 11.2 Å². The summed E-state index contributed by atoms with van der Waals surface area (Å²) in [5.74, 6) is 2.56. The van der Waals surface area contributed by atoms with Gasteiger partial charge >= 0.3 is 0 Å². The maximum atomic E-state index is 8.98. The summed E-state index contributed by atoms with van der Waals surface area (Å²) in [6.45, 7) is 1.75. The van der Waals surface area contributed by atoms with Gasteiger partial charge in [-0.1, -0.05) is 5.92 Å². The molecule has 1 unspecified atom stereocenters. The highest BCUT2D eigenvalue weighted by Gasteiger charge is 2.12. The highest BCUT2D eigenvalue weighted by molar-refractivity contribution is 5.70. The van der Waals surface area contributed by atoms with Crippen molar-refractivity contribution in [3.05, 3.63) is 47.8 Å². The van der Waals surface area contributed by atoms with Crippen LogP contribution in [-0.2, 0) is 0 Å². The molecule has 24 heavy (non-hydrogen) atoms. The number of aromatic nitrogens is 3. The van der Waals surface area contributed by atoms with Crippen LogP contribution in [0.4, 0.5) is 5.69 Å². The van der Waals surface area contributed by atoms with Crippen LogP contribution in [0.3, 0.4) is 0 Å². The molecule has 0 aliphatic carbocycles. The van der Waals surface area contributed by atoms with Gasteiger partial charge in [-0.2, -0.15) is 15.6 Å². The van der Waals surface area contributed by atoms with Crippen LogP contribution in [0.15, 0.2) is 36.7 Å². The Morgan fingerprint density at radius 3 is 2.79 bits per heavy atom. The molecule has 114 valence electrons. The van der Waals surface area contributed by atoms with Crippen molar-refractivity contribution in [2.75, 3.05) is 5.32 Å². The van der Waals surface area contributed by atoms with E-state index < -0.39 is 0 Å². The second-order valence-corrected chi connectivity index (χ2v) is 5.17. The summed E-state index contributed by atoms with van der Waals surface area (Å²) in [5, 5.41) is 25.3. The van der Waals surface area contributed by atoms with Crippen molar-refractivity contribution in [1.29, 1.82) is 10.5 Å². The fourth-order valence-corrected chi connectivity index (χ4v) is 2.35. The Bertz CT molecular complexity index is 1040. The van der Waals surface area contributed by atoms with Gasteiger partial charge < -0.3 is 5.32 Å². The molecule has 1 N–H and O–H groups in total. The highest BCUT2D eigenvalue weighted by atomic mass is 15.2. The van der Waals surface area contributed by atoms with E-state index in [1.54, 1.807) is 29.8 Å². The predicted octanol–water partition coefficient (Wildman–Crippen LogP) is 2.57. The van der Waals surface area contributed by atoms with Crippen molar-refractivity contribution in [3.8, 4) is 35.9 Å². The normalized spacial score (nSPS) is 11.2. The van der Waals surface area contributed by atoms with Crippen LogP contribution in [-0.4, -0.2) is 20.6 Å². The minimum atomic E-state index is -0.382. The van der Waals surface area contributed by atoms with Gasteiger partial charge in [0.25, 0.3) is 0 Å². The first-order chi connectivity index (χ1) is 11.7. The molecule has 0 fully saturated rings. The van der Waals surface area contributed by atoms with Crippen molar-refractivity contribution < 1.29 is 0 Å². The van der Waals surface area contributed by atoms with E-state index in [0.29, 0.717) is 22.5 Å². The van der Waals surface area contributed by atoms with Gasteiger partial charge in [0.05, 0.1) is 46.0 Å². The van der Waals surface area contributed by atoms with E-state index in [-0.39, 0.29) is 6.04 Å². The lowest BCUT2D eigenvalue weighted by molar-refractivity contribution is 0.939. The highest BCUT2D eigenvalue weighted by Crippen LogP contribution is 2.25. The molecule has 3 aromatic rings. The number of nitriles is 2. The topological polar surface area (TPSA) is 89.8 Å². The first-order valence-corrected chi connectivity index (χ1v) is 7.17. The van der Waals surface area contributed by atoms with Crippen LogP contribution in [0.1, 0.15) is 18.1 Å². The zero-order chi connectivity index (χ0) is 17.1. The van der Waals surface area contributed by atoms with Gasteiger partial charge in [0, 0.05) is 6.20 Å². The number of terminal acetylenes is 1. The third-order valence-electron chi connectivity index (χ3n) is 3.52. The van der Waals surface area contributed by atoms with Crippen LogP contribution in [0.5, 0.6) is 0 Å². The third-order valence-corrected chi connectivity index (χ3v) is 3.52. The van der Waals surface area contributed by atoms with E-state index in [9.17, 15) is 0 Å². The average molecular weight is 312 g/mol. The van der Waals surface area contributed by atoms with Crippen LogP contribution in [0.25, 0.3) is 16.9 Å². The standard InChI is InChI=1S/C18H12N6/c1-3-14-11-21-17(7-16(14)23-12(2)8-19)18-5-4-15-6-13(9-20)10-22-24(15)18/h1,4-7,10-12H,2H3,(H,21,23).